The number of ether oxygens (including phenoxy) is 2. The Kier molecular flexibility index (Phi) is 12.4. The summed E-state index contributed by atoms with van der Waals surface area (Å²) in [5, 5.41) is 11.3. The monoisotopic (exact) mass is 736 g/mol. The van der Waals surface area contributed by atoms with Crippen molar-refractivity contribution in [2.75, 3.05) is 26.7 Å². The number of likely N-dealkylation sites (tertiary alicyclic amines) is 1. The van der Waals surface area contributed by atoms with Gasteiger partial charge in [0.1, 0.15) is 29.8 Å². The van der Waals surface area contributed by atoms with Crippen LogP contribution in [0.5, 0.6) is 0 Å². The van der Waals surface area contributed by atoms with Gasteiger partial charge in [-0.1, -0.05) is 70.4 Å². The Morgan fingerprint density at radius 1 is 1.02 bits per heavy atom. The molecule has 14 heteroatoms. The van der Waals surface area contributed by atoms with Gasteiger partial charge >= 0.3 is 18.1 Å². The number of nitrogens with one attached hydrogen (secondary N) is 4. The minimum atomic E-state index is -1.33. The molecular formula is C39H56N6O8. The fourth-order valence-corrected chi connectivity index (χ4v) is 7.92. The lowest BCUT2D eigenvalue weighted by molar-refractivity contribution is -0.147. The Hall–Kier alpha value is -4.62. The van der Waals surface area contributed by atoms with Crippen LogP contribution in [0.4, 0.5) is 9.59 Å². The molecule has 290 valence electrons. The van der Waals surface area contributed by atoms with Crippen molar-refractivity contribution in [3.05, 3.63) is 48.0 Å². The van der Waals surface area contributed by atoms with Crippen LogP contribution in [0, 0.1) is 17.3 Å². The van der Waals surface area contributed by atoms with Crippen LogP contribution in [0.2, 0.25) is 0 Å². The fraction of sp³-hybridized carbons (Fsp3) is 0.641. The normalized spacial score (nSPS) is 25.2. The largest absolute Gasteiger partial charge is 0.464 e. The van der Waals surface area contributed by atoms with Gasteiger partial charge in [0.2, 0.25) is 17.7 Å². The third-order valence-electron chi connectivity index (χ3n) is 11.1. The average molecular weight is 737 g/mol. The molecule has 0 radical (unpaired) electrons. The van der Waals surface area contributed by atoms with E-state index in [2.05, 4.69) is 27.8 Å². The number of amides is 6. The van der Waals surface area contributed by atoms with E-state index < -0.39 is 65.1 Å². The van der Waals surface area contributed by atoms with E-state index in [9.17, 15) is 28.8 Å². The van der Waals surface area contributed by atoms with Gasteiger partial charge in [-0.3, -0.25) is 14.4 Å². The zero-order valence-corrected chi connectivity index (χ0v) is 31.7. The maximum atomic E-state index is 14.3. The number of carbonyl (C=O) groups excluding carboxylic acids is 6. The van der Waals surface area contributed by atoms with E-state index in [0.717, 1.165) is 37.7 Å². The van der Waals surface area contributed by atoms with E-state index in [0.29, 0.717) is 25.9 Å². The quantitative estimate of drug-likeness (QED) is 0.198. The molecule has 6 amide bonds. The van der Waals surface area contributed by atoms with Crippen LogP contribution in [-0.2, 0) is 41.6 Å². The summed E-state index contributed by atoms with van der Waals surface area (Å²) < 4.78 is 11.2. The van der Waals surface area contributed by atoms with Gasteiger partial charge in [-0.15, -0.1) is 6.58 Å². The fourth-order valence-electron chi connectivity index (χ4n) is 7.92. The highest BCUT2D eigenvalue weighted by atomic mass is 16.6. The van der Waals surface area contributed by atoms with Crippen molar-refractivity contribution < 1.29 is 38.2 Å². The number of likely N-dealkylation sites (N-methyl/N-ethyl adjacent to an activating group) is 1. The van der Waals surface area contributed by atoms with Crippen molar-refractivity contribution >= 4 is 35.8 Å². The summed E-state index contributed by atoms with van der Waals surface area (Å²) in [6.07, 6.45) is 5.74. The summed E-state index contributed by atoms with van der Waals surface area (Å²) in [5.41, 5.74) is 0.0804. The average Bonchev–Trinajstić information content (AvgIpc) is 3.70. The molecule has 6 atom stereocenters. The predicted molar refractivity (Wildman–Crippen MR) is 196 cm³/mol. The molecule has 2 aliphatic carbocycles. The first-order valence-corrected chi connectivity index (χ1v) is 19.0. The van der Waals surface area contributed by atoms with Gasteiger partial charge in [-0.25, -0.2) is 14.4 Å². The molecule has 2 unspecified atom stereocenters. The summed E-state index contributed by atoms with van der Waals surface area (Å²) in [5.74, 6) is -2.42. The summed E-state index contributed by atoms with van der Waals surface area (Å²) in [6, 6.07) is 4.19. The molecule has 1 aromatic rings. The summed E-state index contributed by atoms with van der Waals surface area (Å²) in [4.78, 5) is 84.5. The molecule has 3 fully saturated rings. The summed E-state index contributed by atoms with van der Waals surface area (Å²) in [6.45, 7) is 11.7. The maximum Gasteiger partial charge on any atom is 0.410 e. The lowest BCUT2D eigenvalue weighted by Crippen LogP contribution is -2.61. The maximum absolute atomic E-state index is 14.3. The molecule has 0 bridgehead atoms. The van der Waals surface area contributed by atoms with E-state index in [1.807, 2.05) is 24.3 Å². The highest BCUT2D eigenvalue weighted by molar-refractivity contribution is 5.96. The van der Waals surface area contributed by atoms with Crippen molar-refractivity contribution in [3.63, 3.8) is 0 Å². The second-order valence-electron chi connectivity index (χ2n) is 15.8. The molecule has 5 rings (SSSR count). The molecule has 1 saturated heterocycles. The number of nitrogens with zero attached hydrogens (tertiary/aromatic N) is 2. The Balaban J connectivity index is 1.35. The SMILES string of the molecule is C=CC1CC1(NC(=O)N1C[C@@H](OC(=O)N2CCc3ccccc3C2)C[C@@H]1C(=O)N[C@H](C(=O)N[C@H](C(=O)NC)C1CCCCC1)C(C)(C)C)C(=O)OCC. The van der Waals surface area contributed by atoms with Crippen molar-refractivity contribution in [2.45, 2.75) is 115 Å². The number of benzene rings is 1. The zero-order chi connectivity index (χ0) is 38.5. The van der Waals surface area contributed by atoms with Crippen LogP contribution >= 0.6 is 0 Å². The number of hydrogen-bond donors (Lipinski definition) is 4. The van der Waals surface area contributed by atoms with Gasteiger partial charge in [0.15, 0.2) is 0 Å². The smallest absolute Gasteiger partial charge is 0.410 e. The van der Waals surface area contributed by atoms with E-state index >= 15 is 0 Å². The van der Waals surface area contributed by atoms with Crippen LogP contribution in [0.15, 0.2) is 36.9 Å². The Labute approximate surface area is 312 Å². The van der Waals surface area contributed by atoms with E-state index in [1.165, 1.54) is 17.5 Å². The molecule has 14 nitrogen and oxygen atoms in total. The third kappa shape index (κ3) is 8.96. The Morgan fingerprint density at radius 2 is 1.72 bits per heavy atom. The standard InChI is InChI=1S/C39H56N6O8/c1-7-27-21-39(27,35(49)52-8-2)43-36(50)45-23-28(53-37(51)44-19-18-24-14-12-13-17-26(24)22-44)20-29(45)32(46)42-31(38(3,4)5)34(48)41-30(33(47)40-6)25-15-10-9-11-16-25/h7,12-14,17,25,27-31H,1,8-11,15-16,18-23H2,2-6H3,(H,40,47)(H,41,48)(H,42,46)(H,43,50)/t27?,28-,29+,30-,31+,39?/m0/s1. The minimum Gasteiger partial charge on any atom is -0.464 e. The van der Waals surface area contributed by atoms with Gasteiger partial charge < -0.3 is 40.5 Å². The molecule has 0 aromatic heterocycles. The number of fused-ring (bicyclic) bond motifs is 1. The van der Waals surface area contributed by atoms with Gasteiger partial charge in [0.05, 0.1) is 13.2 Å². The zero-order valence-electron chi connectivity index (χ0n) is 31.7. The second kappa shape index (κ2) is 16.6. The van der Waals surface area contributed by atoms with Crippen molar-refractivity contribution in [1.29, 1.82) is 0 Å². The molecule has 4 aliphatic rings. The van der Waals surface area contributed by atoms with E-state index in [1.54, 1.807) is 38.7 Å². The number of hydrogen-bond acceptors (Lipinski definition) is 8. The number of esters is 1. The predicted octanol–water partition coefficient (Wildman–Crippen LogP) is 3.18. The Morgan fingerprint density at radius 3 is 2.34 bits per heavy atom. The number of carbonyl (C=O) groups is 6. The van der Waals surface area contributed by atoms with Crippen molar-refractivity contribution in [1.82, 2.24) is 31.1 Å². The van der Waals surface area contributed by atoms with Gasteiger partial charge in [-0.2, -0.15) is 0 Å². The van der Waals surface area contributed by atoms with E-state index in [4.69, 9.17) is 9.47 Å². The summed E-state index contributed by atoms with van der Waals surface area (Å²) >= 11 is 0. The van der Waals surface area contributed by atoms with E-state index in [-0.39, 0.29) is 37.3 Å². The van der Waals surface area contributed by atoms with Crippen LogP contribution in [0.1, 0.15) is 83.8 Å². The van der Waals surface area contributed by atoms with Crippen LogP contribution < -0.4 is 21.3 Å². The van der Waals surface area contributed by atoms with Crippen LogP contribution in [0.3, 0.4) is 0 Å². The number of rotatable bonds is 11. The Bertz CT molecular complexity index is 1570. The topological polar surface area (TPSA) is 175 Å². The molecule has 53 heavy (non-hydrogen) atoms. The van der Waals surface area contributed by atoms with Gasteiger partial charge in [0.25, 0.3) is 0 Å². The lowest BCUT2D eigenvalue weighted by Gasteiger charge is -2.35. The molecule has 2 aliphatic heterocycles. The molecule has 4 N–H and O–H groups in total. The van der Waals surface area contributed by atoms with Gasteiger partial charge in [-0.05, 0) is 55.1 Å². The highest BCUT2D eigenvalue weighted by Gasteiger charge is 2.62. The van der Waals surface area contributed by atoms with Crippen LogP contribution in [-0.4, -0.2) is 102 Å². The first-order valence-electron chi connectivity index (χ1n) is 19.0. The summed E-state index contributed by atoms with van der Waals surface area (Å²) in [7, 11) is 1.53. The minimum absolute atomic E-state index is 0.0321. The second-order valence-corrected chi connectivity index (χ2v) is 15.8. The van der Waals surface area contributed by atoms with Crippen molar-refractivity contribution in [2.24, 2.45) is 17.3 Å². The molecule has 2 heterocycles. The molecule has 2 saturated carbocycles. The molecule has 0 spiro atoms. The number of urea groups is 1. The van der Waals surface area contributed by atoms with Crippen LogP contribution in [0.25, 0.3) is 0 Å². The highest BCUT2D eigenvalue weighted by Crippen LogP contribution is 2.45. The first-order chi connectivity index (χ1) is 25.2. The lowest BCUT2D eigenvalue weighted by atomic mass is 9.82. The first kappa shape index (κ1) is 39.6. The van der Waals surface area contributed by atoms with Crippen molar-refractivity contribution in [3.8, 4) is 0 Å². The molecular weight excluding hydrogens is 680 g/mol. The van der Waals surface area contributed by atoms with Gasteiger partial charge in [0, 0.05) is 32.5 Å². The third-order valence-corrected chi connectivity index (χ3v) is 11.1. The molecule has 1 aromatic carbocycles.